The summed E-state index contributed by atoms with van der Waals surface area (Å²) in [5.41, 5.74) is 0.915. The number of nitrogens with zero attached hydrogens (tertiary/aromatic N) is 1. The molecule has 1 unspecified atom stereocenters. The summed E-state index contributed by atoms with van der Waals surface area (Å²) in [4.78, 5) is 23.3. The summed E-state index contributed by atoms with van der Waals surface area (Å²) in [7, 11) is 3.02. The minimum Gasteiger partial charge on any atom is -0.497 e. The molecule has 6 nitrogen and oxygen atoms in total. The van der Waals surface area contributed by atoms with Crippen molar-refractivity contribution in [3.05, 3.63) is 29.8 Å². The second-order valence-electron chi connectivity index (χ2n) is 4.19. The fraction of sp³-hybridized carbons (Fsp3) is 0.385. The Labute approximate surface area is 112 Å². The van der Waals surface area contributed by atoms with Gasteiger partial charge in [-0.15, -0.1) is 0 Å². The number of nitrogens with one attached hydrogen (secondary N) is 1. The first-order valence-electron chi connectivity index (χ1n) is 5.81. The van der Waals surface area contributed by atoms with Crippen LogP contribution in [-0.2, 0) is 4.79 Å². The lowest BCUT2D eigenvalue weighted by molar-refractivity contribution is -0.137. The Bertz CT molecular complexity index is 444. The summed E-state index contributed by atoms with van der Waals surface area (Å²) >= 11 is 0. The van der Waals surface area contributed by atoms with Gasteiger partial charge in [-0.3, -0.25) is 4.79 Å². The molecular weight excluding hydrogens is 248 g/mol. The molecule has 0 spiro atoms. The van der Waals surface area contributed by atoms with Gasteiger partial charge < -0.3 is 20.1 Å². The minimum atomic E-state index is -1.05. The third kappa shape index (κ3) is 4.50. The molecule has 2 N–H and O–H groups in total. The van der Waals surface area contributed by atoms with Crippen LogP contribution in [0.1, 0.15) is 18.5 Å². The molecule has 19 heavy (non-hydrogen) atoms. The van der Waals surface area contributed by atoms with Gasteiger partial charge in [0.15, 0.2) is 0 Å². The first-order chi connectivity index (χ1) is 8.93. The molecule has 1 aromatic carbocycles. The molecule has 1 aromatic rings. The van der Waals surface area contributed by atoms with Crippen molar-refractivity contribution < 1.29 is 19.4 Å². The zero-order valence-electron chi connectivity index (χ0n) is 11.2. The number of likely N-dealkylation sites (N-methyl/N-ethyl adjacent to an activating group) is 1. The highest BCUT2D eigenvalue weighted by atomic mass is 16.5. The zero-order valence-corrected chi connectivity index (χ0v) is 11.2. The van der Waals surface area contributed by atoms with E-state index >= 15 is 0 Å². The Morgan fingerprint density at radius 3 is 2.42 bits per heavy atom. The number of aliphatic carboxylic acids is 1. The third-order valence-electron chi connectivity index (χ3n) is 2.67. The first kappa shape index (κ1) is 14.8. The lowest BCUT2D eigenvalue weighted by atomic mass is 10.1. The predicted molar refractivity (Wildman–Crippen MR) is 70.2 cm³/mol. The standard InChI is InChI=1S/C13H18N2O4/c1-9(10-4-6-11(19-3)7-5-10)14-13(18)15(2)8-12(16)17/h4-7,9H,8H2,1-3H3,(H,14,18)(H,16,17). The van der Waals surface area contributed by atoms with E-state index in [2.05, 4.69) is 5.32 Å². The molecule has 104 valence electrons. The zero-order chi connectivity index (χ0) is 14.4. The van der Waals surface area contributed by atoms with Crippen LogP contribution in [0.3, 0.4) is 0 Å². The molecule has 2 amide bonds. The van der Waals surface area contributed by atoms with Crippen LogP contribution in [0.2, 0.25) is 0 Å². The maximum absolute atomic E-state index is 11.7. The third-order valence-corrected chi connectivity index (χ3v) is 2.67. The summed E-state index contributed by atoms with van der Waals surface area (Å²) in [6, 6.07) is 6.67. The van der Waals surface area contributed by atoms with E-state index in [-0.39, 0.29) is 12.6 Å². The van der Waals surface area contributed by atoms with Crippen LogP contribution in [0.4, 0.5) is 4.79 Å². The number of methoxy groups -OCH3 is 1. The van der Waals surface area contributed by atoms with Crippen LogP contribution in [-0.4, -0.2) is 42.7 Å². The number of ether oxygens (including phenoxy) is 1. The first-order valence-corrected chi connectivity index (χ1v) is 5.81. The molecule has 0 aliphatic heterocycles. The van der Waals surface area contributed by atoms with E-state index in [0.29, 0.717) is 0 Å². The minimum absolute atomic E-state index is 0.213. The van der Waals surface area contributed by atoms with Crippen molar-refractivity contribution in [2.45, 2.75) is 13.0 Å². The van der Waals surface area contributed by atoms with Gasteiger partial charge in [0.2, 0.25) is 0 Å². The van der Waals surface area contributed by atoms with Crippen LogP contribution in [0.5, 0.6) is 5.75 Å². The molecule has 0 bridgehead atoms. The van der Waals surface area contributed by atoms with Crippen LogP contribution in [0.25, 0.3) is 0 Å². The highest BCUT2D eigenvalue weighted by molar-refractivity contribution is 5.80. The van der Waals surface area contributed by atoms with Crippen LogP contribution >= 0.6 is 0 Å². The Kier molecular flexibility index (Phi) is 5.17. The number of carbonyl (C=O) groups is 2. The van der Waals surface area contributed by atoms with E-state index in [4.69, 9.17) is 9.84 Å². The van der Waals surface area contributed by atoms with Gasteiger partial charge in [0.05, 0.1) is 13.2 Å². The Morgan fingerprint density at radius 2 is 1.95 bits per heavy atom. The molecule has 1 rings (SSSR count). The van der Waals surface area contributed by atoms with E-state index in [1.165, 1.54) is 7.05 Å². The molecule has 0 saturated carbocycles. The van der Waals surface area contributed by atoms with Gasteiger partial charge in [-0.1, -0.05) is 12.1 Å². The molecule has 0 aliphatic rings. The van der Waals surface area contributed by atoms with E-state index in [1.807, 2.05) is 19.1 Å². The van der Waals surface area contributed by atoms with E-state index in [9.17, 15) is 9.59 Å². The van der Waals surface area contributed by atoms with Gasteiger partial charge in [-0.25, -0.2) is 4.79 Å². The van der Waals surface area contributed by atoms with E-state index in [0.717, 1.165) is 16.2 Å². The number of urea groups is 1. The van der Waals surface area contributed by atoms with Gasteiger partial charge >= 0.3 is 12.0 Å². The lowest BCUT2D eigenvalue weighted by Crippen LogP contribution is -2.41. The monoisotopic (exact) mass is 266 g/mol. The molecular formula is C13H18N2O4. The Balaban J connectivity index is 2.60. The molecule has 0 aromatic heterocycles. The molecule has 0 saturated heterocycles. The smallest absolute Gasteiger partial charge is 0.323 e. The van der Waals surface area contributed by atoms with Gasteiger partial charge in [0, 0.05) is 7.05 Å². The molecule has 0 aliphatic carbocycles. The fourth-order valence-corrected chi connectivity index (χ4v) is 1.55. The van der Waals surface area contributed by atoms with E-state index < -0.39 is 12.0 Å². The lowest BCUT2D eigenvalue weighted by Gasteiger charge is -2.20. The molecule has 0 radical (unpaired) electrons. The van der Waals surface area contributed by atoms with Gasteiger partial charge in [0.25, 0.3) is 0 Å². The predicted octanol–water partition coefficient (Wildman–Crippen LogP) is 1.48. The van der Waals surface area contributed by atoms with Crippen LogP contribution in [0, 0.1) is 0 Å². The number of carboxylic acid groups (broad SMARTS) is 1. The number of carboxylic acids is 1. The Morgan fingerprint density at radius 1 is 1.37 bits per heavy atom. The number of hydrogen-bond acceptors (Lipinski definition) is 3. The van der Waals surface area contributed by atoms with Crippen molar-refractivity contribution >= 4 is 12.0 Å². The average molecular weight is 266 g/mol. The van der Waals surface area contributed by atoms with Crippen molar-refractivity contribution in [2.75, 3.05) is 20.7 Å². The van der Waals surface area contributed by atoms with E-state index in [1.54, 1.807) is 19.2 Å². The normalized spacial score (nSPS) is 11.5. The summed E-state index contributed by atoms with van der Waals surface area (Å²) < 4.78 is 5.05. The highest BCUT2D eigenvalue weighted by Crippen LogP contribution is 2.17. The number of carbonyl (C=O) groups excluding carboxylic acids is 1. The van der Waals surface area contributed by atoms with Gasteiger partial charge in [-0.2, -0.15) is 0 Å². The quantitative estimate of drug-likeness (QED) is 0.846. The molecule has 1 atom stereocenters. The number of rotatable bonds is 5. The number of benzene rings is 1. The fourth-order valence-electron chi connectivity index (χ4n) is 1.55. The molecule has 0 fully saturated rings. The van der Waals surface area contributed by atoms with Crippen LogP contribution < -0.4 is 10.1 Å². The number of amides is 2. The van der Waals surface area contributed by atoms with Crippen molar-refractivity contribution in [2.24, 2.45) is 0 Å². The molecule has 6 heteroatoms. The van der Waals surface area contributed by atoms with Crippen molar-refractivity contribution in [1.29, 1.82) is 0 Å². The summed E-state index contributed by atoms with van der Waals surface area (Å²) in [5.74, 6) is -0.306. The largest absolute Gasteiger partial charge is 0.497 e. The molecule has 0 heterocycles. The van der Waals surface area contributed by atoms with Crippen molar-refractivity contribution in [3.8, 4) is 5.75 Å². The SMILES string of the molecule is COc1ccc(C(C)NC(=O)N(C)CC(=O)O)cc1. The maximum Gasteiger partial charge on any atom is 0.323 e. The second kappa shape index (κ2) is 6.63. The van der Waals surface area contributed by atoms with Crippen molar-refractivity contribution in [3.63, 3.8) is 0 Å². The van der Waals surface area contributed by atoms with Crippen LogP contribution in [0.15, 0.2) is 24.3 Å². The number of hydrogen-bond donors (Lipinski definition) is 2. The summed E-state index contributed by atoms with van der Waals surface area (Å²) in [5, 5.41) is 11.3. The topological polar surface area (TPSA) is 78.9 Å². The Hall–Kier alpha value is -2.24. The average Bonchev–Trinajstić information content (AvgIpc) is 2.37. The highest BCUT2D eigenvalue weighted by Gasteiger charge is 2.15. The van der Waals surface area contributed by atoms with Crippen molar-refractivity contribution in [1.82, 2.24) is 10.2 Å². The van der Waals surface area contributed by atoms with Gasteiger partial charge in [-0.05, 0) is 24.6 Å². The maximum atomic E-state index is 11.7. The second-order valence-corrected chi connectivity index (χ2v) is 4.19. The summed E-state index contributed by atoms with van der Waals surface area (Å²) in [6.45, 7) is 1.50. The summed E-state index contributed by atoms with van der Waals surface area (Å²) in [6.07, 6.45) is 0. The van der Waals surface area contributed by atoms with Gasteiger partial charge in [0.1, 0.15) is 12.3 Å².